The minimum Gasteiger partial charge on any atom is -0.497 e. The van der Waals surface area contributed by atoms with Gasteiger partial charge in [0.05, 0.1) is 18.9 Å². The molecule has 2 bridgehead atoms. The largest absolute Gasteiger partial charge is 0.497 e. The number of ether oxygens (including phenoxy) is 3. The smallest absolute Gasteiger partial charge is 0.250 e. The second-order valence-electron chi connectivity index (χ2n) is 5.67. The van der Waals surface area contributed by atoms with E-state index in [9.17, 15) is 4.79 Å². The quantitative estimate of drug-likeness (QED) is 0.904. The van der Waals surface area contributed by atoms with Crippen LogP contribution >= 0.6 is 0 Å². The second kappa shape index (κ2) is 4.98. The molecule has 0 saturated carbocycles. The second-order valence-corrected chi connectivity index (χ2v) is 5.67. The Bertz CT molecular complexity index is 610. The van der Waals surface area contributed by atoms with Gasteiger partial charge in [-0.1, -0.05) is 0 Å². The van der Waals surface area contributed by atoms with Crippen molar-refractivity contribution in [2.24, 2.45) is 0 Å². The summed E-state index contributed by atoms with van der Waals surface area (Å²) in [6.45, 7) is 2.46. The average Bonchev–Trinajstić information content (AvgIpc) is 2.62. The number of likely N-dealkylation sites (N-methyl/N-ethyl adjacent to an activating group) is 1. The zero-order valence-corrected chi connectivity index (χ0v) is 12.4. The molecular weight excluding hydrogens is 270 g/mol. The summed E-state index contributed by atoms with van der Waals surface area (Å²) in [6, 6.07) is 5.69. The molecule has 1 aromatic rings. The van der Waals surface area contributed by atoms with E-state index in [0.717, 1.165) is 17.1 Å². The van der Waals surface area contributed by atoms with E-state index in [1.54, 1.807) is 20.4 Å². The molecule has 0 radical (unpaired) electrons. The molecule has 0 unspecified atom stereocenters. The van der Waals surface area contributed by atoms with E-state index in [-0.39, 0.29) is 11.8 Å². The van der Waals surface area contributed by atoms with Gasteiger partial charge >= 0.3 is 0 Å². The van der Waals surface area contributed by atoms with E-state index in [1.165, 1.54) is 0 Å². The maximum Gasteiger partial charge on any atom is 0.250 e. The Balaban J connectivity index is 2.11. The Morgan fingerprint density at radius 3 is 3.00 bits per heavy atom. The molecule has 0 aromatic heterocycles. The predicted molar refractivity (Wildman–Crippen MR) is 77.5 cm³/mol. The lowest BCUT2D eigenvalue weighted by molar-refractivity contribution is -0.118. The summed E-state index contributed by atoms with van der Waals surface area (Å²) in [5, 5.41) is 2.67. The summed E-state index contributed by atoms with van der Waals surface area (Å²) < 4.78 is 16.9. The van der Waals surface area contributed by atoms with Crippen LogP contribution in [0.1, 0.15) is 24.8 Å². The maximum absolute atomic E-state index is 12.1. The van der Waals surface area contributed by atoms with Crippen LogP contribution in [0.15, 0.2) is 30.0 Å². The molecule has 5 heteroatoms. The number of hydrogen-bond acceptors (Lipinski definition) is 4. The van der Waals surface area contributed by atoms with E-state index in [1.807, 2.05) is 25.1 Å². The summed E-state index contributed by atoms with van der Waals surface area (Å²) in [6.07, 6.45) is 2.28. The Labute approximate surface area is 123 Å². The molecule has 1 N–H and O–H groups in total. The van der Waals surface area contributed by atoms with Crippen molar-refractivity contribution in [1.29, 1.82) is 0 Å². The summed E-state index contributed by atoms with van der Waals surface area (Å²) >= 11 is 0. The molecule has 3 rings (SSSR count). The van der Waals surface area contributed by atoms with Crippen molar-refractivity contribution in [3.8, 4) is 11.5 Å². The highest BCUT2D eigenvalue weighted by Gasteiger charge is 2.42. The van der Waals surface area contributed by atoms with Gasteiger partial charge in [-0.05, 0) is 25.1 Å². The highest BCUT2D eigenvalue weighted by atomic mass is 16.5. The van der Waals surface area contributed by atoms with Crippen LogP contribution in [0.5, 0.6) is 11.5 Å². The van der Waals surface area contributed by atoms with Gasteiger partial charge in [-0.2, -0.15) is 0 Å². The molecular formula is C16H19NO4. The van der Waals surface area contributed by atoms with Gasteiger partial charge in [-0.3, -0.25) is 4.79 Å². The molecule has 1 amide bonds. The van der Waals surface area contributed by atoms with Gasteiger partial charge in [0.2, 0.25) is 0 Å². The third-order valence-corrected chi connectivity index (χ3v) is 4.10. The molecule has 0 spiro atoms. The number of benzene rings is 1. The van der Waals surface area contributed by atoms with Gasteiger partial charge in [-0.15, -0.1) is 0 Å². The van der Waals surface area contributed by atoms with Gasteiger partial charge in [-0.25, -0.2) is 0 Å². The zero-order valence-electron chi connectivity index (χ0n) is 12.4. The highest BCUT2D eigenvalue weighted by molar-refractivity contribution is 5.95. The summed E-state index contributed by atoms with van der Waals surface area (Å²) in [5.41, 5.74) is 1.17. The van der Waals surface area contributed by atoms with Gasteiger partial charge in [0.15, 0.2) is 0 Å². The maximum atomic E-state index is 12.1. The van der Waals surface area contributed by atoms with Crippen molar-refractivity contribution in [2.45, 2.75) is 24.9 Å². The molecule has 112 valence electrons. The van der Waals surface area contributed by atoms with Crippen LogP contribution in [0.25, 0.3) is 0 Å². The van der Waals surface area contributed by atoms with E-state index >= 15 is 0 Å². The van der Waals surface area contributed by atoms with Crippen LogP contribution in [0.2, 0.25) is 0 Å². The third-order valence-electron chi connectivity index (χ3n) is 4.10. The van der Waals surface area contributed by atoms with Crippen LogP contribution < -0.4 is 14.8 Å². The summed E-state index contributed by atoms with van der Waals surface area (Å²) in [4.78, 5) is 12.1. The molecule has 21 heavy (non-hydrogen) atoms. The first-order chi connectivity index (χ1) is 10.1. The van der Waals surface area contributed by atoms with Crippen LogP contribution in [-0.4, -0.2) is 32.3 Å². The monoisotopic (exact) mass is 289 g/mol. The molecule has 2 aliphatic heterocycles. The number of carbonyl (C=O) groups excluding carboxylic acids is 1. The molecule has 0 fully saturated rings. The minimum atomic E-state index is -0.422. The van der Waals surface area contributed by atoms with Crippen LogP contribution in [0.3, 0.4) is 0 Å². The first-order valence-corrected chi connectivity index (χ1v) is 6.97. The highest BCUT2D eigenvalue weighted by Crippen LogP contribution is 2.46. The number of rotatable bonds is 2. The molecule has 0 aliphatic carbocycles. The Kier molecular flexibility index (Phi) is 3.27. The number of nitrogens with one attached hydrogen (secondary N) is 1. The molecule has 2 heterocycles. The van der Waals surface area contributed by atoms with Crippen LogP contribution in [0.4, 0.5) is 0 Å². The number of fused-ring (bicyclic) bond motifs is 4. The van der Waals surface area contributed by atoms with Crippen LogP contribution in [-0.2, 0) is 9.53 Å². The van der Waals surface area contributed by atoms with Crippen molar-refractivity contribution in [3.05, 3.63) is 35.6 Å². The Morgan fingerprint density at radius 1 is 1.48 bits per heavy atom. The van der Waals surface area contributed by atoms with Crippen molar-refractivity contribution in [2.75, 3.05) is 20.8 Å². The lowest BCUT2D eigenvalue weighted by atomic mass is 9.81. The molecule has 5 nitrogen and oxygen atoms in total. The number of hydrogen-bond donors (Lipinski definition) is 1. The molecule has 2 atom stereocenters. The predicted octanol–water partition coefficient (Wildman–Crippen LogP) is 1.98. The topological polar surface area (TPSA) is 56.8 Å². The fraction of sp³-hybridized carbons (Fsp3) is 0.438. The van der Waals surface area contributed by atoms with Gasteiger partial charge in [0.1, 0.15) is 23.7 Å². The number of amides is 1. The van der Waals surface area contributed by atoms with Crippen molar-refractivity contribution < 1.29 is 19.0 Å². The van der Waals surface area contributed by atoms with Crippen molar-refractivity contribution in [1.82, 2.24) is 5.32 Å². The minimum absolute atomic E-state index is 0.0590. The van der Waals surface area contributed by atoms with E-state index < -0.39 is 5.60 Å². The lowest BCUT2D eigenvalue weighted by Crippen LogP contribution is -2.39. The normalized spacial score (nSPS) is 26.4. The van der Waals surface area contributed by atoms with Gasteiger partial charge in [0, 0.05) is 24.9 Å². The molecule has 0 saturated heterocycles. The van der Waals surface area contributed by atoms with Gasteiger partial charge < -0.3 is 19.5 Å². The fourth-order valence-electron chi connectivity index (χ4n) is 2.89. The van der Waals surface area contributed by atoms with Crippen molar-refractivity contribution in [3.63, 3.8) is 0 Å². The summed E-state index contributed by atoms with van der Waals surface area (Å²) in [7, 11) is 3.25. The zero-order chi connectivity index (χ0) is 15.0. The van der Waals surface area contributed by atoms with E-state index in [0.29, 0.717) is 18.6 Å². The standard InChI is InChI=1S/C16H19NO4/c1-16-7-12(13(8-21-16)15(18)17-2)11-6-10(19-3)4-5-14(11)20-9-16/h4-6,8,12H,7,9H2,1-3H3,(H,17,18)/t12-,16+/m1/s1. The molecule has 1 aromatic carbocycles. The number of carbonyl (C=O) groups is 1. The number of methoxy groups -OCH3 is 1. The first kappa shape index (κ1) is 13.8. The average molecular weight is 289 g/mol. The summed E-state index contributed by atoms with van der Waals surface area (Å²) in [5.74, 6) is 1.35. The fourth-order valence-corrected chi connectivity index (χ4v) is 2.89. The third kappa shape index (κ3) is 2.33. The molecule has 2 aliphatic rings. The first-order valence-electron chi connectivity index (χ1n) is 6.97. The van der Waals surface area contributed by atoms with E-state index in [4.69, 9.17) is 14.2 Å². The van der Waals surface area contributed by atoms with Crippen LogP contribution in [0, 0.1) is 0 Å². The SMILES string of the molecule is CNC(=O)C1=CO[C@]2(C)COc3ccc(OC)cc3[C@H]1C2. The Morgan fingerprint density at radius 2 is 2.29 bits per heavy atom. The Hall–Kier alpha value is -2.17. The van der Waals surface area contributed by atoms with Crippen molar-refractivity contribution >= 4 is 5.91 Å². The lowest BCUT2D eigenvalue weighted by Gasteiger charge is -2.34. The van der Waals surface area contributed by atoms with Gasteiger partial charge in [0.25, 0.3) is 5.91 Å². The van der Waals surface area contributed by atoms with E-state index in [2.05, 4.69) is 5.32 Å².